The van der Waals surface area contributed by atoms with Crippen molar-refractivity contribution in [3.63, 3.8) is 0 Å². The average molecular weight is 529 g/mol. The van der Waals surface area contributed by atoms with Crippen LogP contribution >= 0.6 is 0 Å². The fourth-order valence-electron chi connectivity index (χ4n) is 4.02. The maximum absolute atomic E-state index is 14.5. The molecule has 0 amide bonds. The summed E-state index contributed by atoms with van der Waals surface area (Å²) in [6, 6.07) is 13.2. The minimum atomic E-state index is -0.595. The number of rotatable bonds is 8. The highest BCUT2D eigenvalue weighted by Gasteiger charge is 2.22. The van der Waals surface area contributed by atoms with E-state index in [-0.39, 0.29) is 11.4 Å². The SMILES string of the molecule is CC(C)CCN=[N+]=[N-].CC[C@H](Nc1ncnc2nc[nH]c12)c1nc2cccc(F)c2c(=O)n1-c1ccccc1. The molecule has 0 bridgehead atoms. The van der Waals surface area contributed by atoms with Crippen LogP contribution < -0.4 is 10.9 Å². The van der Waals surface area contributed by atoms with Crippen molar-refractivity contribution in [3.8, 4) is 5.69 Å². The lowest BCUT2D eigenvalue weighted by molar-refractivity contribution is 0.595. The van der Waals surface area contributed by atoms with Gasteiger partial charge in [-0.2, -0.15) is 0 Å². The third-order valence-electron chi connectivity index (χ3n) is 6.01. The average Bonchev–Trinajstić information content (AvgIpc) is 3.42. The van der Waals surface area contributed by atoms with Crippen LogP contribution in [0.1, 0.15) is 45.5 Å². The summed E-state index contributed by atoms with van der Waals surface area (Å²) in [6.07, 6.45) is 4.55. The zero-order chi connectivity index (χ0) is 27.8. The summed E-state index contributed by atoms with van der Waals surface area (Å²) in [5.41, 5.74) is 9.47. The van der Waals surface area contributed by atoms with Crippen molar-refractivity contribution in [3.05, 3.63) is 93.6 Å². The predicted octanol–water partition coefficient (Wildman–Crippen LogP) is 6.10. The molecule has 0 saturated carbocycles. The lowest BCUT2D eigenvalue weighted by Gasteiger charge is -2.22. The number of hydrogen-bond donors (Lipinski definition) is 2. The van der Waals surface area contributed by atoms with Gasteiger partial charge < -0.3 is 10.3 Å². The van der Waals surface area contributed by atoms with E-state index in [0.29, 0.717) is 52.9 Å². The number of fused-ring (bicyclic) bond motifs is 2. The maximum atomic E-state index is 14.5. The van der Waals surface area contributed by atoms with Crippen molar-refractivity contribution in [2.24, 2.45) is 11.0 Å². The first-order valence-corrected chi connectivity index (χ1v) is 12.6. The molecule has 12 heteroatoms. The highest BCUT2D eigenvalue weighted by atomic mass is 19.1. The Labute approximate surface area is 223 Å². The van der Waals surface area contributed by atoms with Gasteiger partial charge in [-0.05, 0) is 48.6 Å². The van der Waals surface area contributed by atoms with Gasteiger partial charge in [0.2, 0.25) is 0 Å². The number of imidazole rings is 1. The fraction of sp³-hybridized carbons (Fsp3) is 0.296. The number of halogens is 1. The van der Waals surface area contributed by atoms with Crippen LogP contribution in [0.2, 0.25) is 0 Å². The van der Waals surface area contributed by atoms with E-state index in [4.69, 9.17) is 10.5 Å². The van der Waals surface area contributed by atoms with Crippen molar-refractivity contribution < 1.29 is 4.39 Å². The maximum Gasteiger partial charge on any atom is 0.269 e. The number of H-pyrrole nitrogens is 1. The number of nitrogens with zero attached hydrogens (tertiary/aromatic N) is 8. The van der Waals surface area contributed by atoms with Crippen LogP contribution in [0.25, 0.3) is 38.2 Å². The van der Waals surface area contributed by atoms with Gasteiger partial charge in [0, 0.05) is 11.5 Å². The molecule has 39 heavy (non-hydrogen) atoms. The Kier molecular flexibility index (Phi) is 8.80. The van der Waals surface area contributed by atoms with Crippen LogP contribution in [-0.2, 0) is 0 Å². The van der Waals surface area contributed by atoms with Gasteiger partial charge in [-0.25, -0.2) is 24.3 Å². The lowest BCUT2D eigenvalue weighted by atomic mass is 10.1. The van der Waals surface area contributed by atoms with Gasteiger partial charge in [0.1, 0.15) is 28.9 Å². The van der Waals surface area contributed by atoms with Gasteiger partial charge in [-0.3, -0.25) is 9.36 Å². The highest BCUT2D eigenvalue weighted by molar-refractivity contribution is 5.82. The first-order valence-electron chi connectivity index (χ1n) is 12.6. The zero-order valence-electron chi connectivity index (χ0n) is 21.9. The van der Waals surface area contributed by atoms with Gasteiger partial charge in [-0.1, -0.05) is 50.2 Å². The topological polar surface area (TPSA) is 150 Å². The fourth-order valence-corrected chi connectivity index (χ4v) is 4.02. The van der Waals surface area contributed by atoms with Crippen LogP contribution in [0, 0.1) is 11.7 Å². The molecule has 2 aromatic carbocycles. The van der Waals surface area contributed by atoms with E-state index in [1.165, 1.54) is 17.0 Å². The number of benzene rings is 2. The Morgan fingerprint density at radius 2 is 1.92 bits per heavy atom. The largest absolute Gasteiger partial charge is 0.358 e. The molecule has 3 aromatic heterocycles. The van der Waals surface area contributed by atoms with Gasteiger partial charge >= 0.3 is 0 Å². The summed E-state index contributed by atoms with van der Waals surface area (Å²) in [6.45, 7) is 6.81. The summed E-state index contributed by atoms with van der Waals surface area (Å²) in [5, 5.41) is 6.71. The van der Waals surface area contributed by atoms with E-state index >= 15 is 0 Å². The molecule has 0 radical (unpaired) electrons. The summed E-state index contributed by atoms with van der Waals surface area (Å²) in [7, 11) is 0. The van der Waals surface area contributed by atoms with Gasteiger partial charge in [0.05, 0.1) is 23.6 Å². The van der Waals surface area contributed by atoms with Crippen molar-refractivity contribution in [2.75, 3.05) is 11.9 Å². The summed E-state index contributed by atoms with van der Waals surface area (Å²) in [4.78, 5) is 36.4. The number of azide groups is 1. The predicted molar refractivity (Wildman–Crippen MR) is 149 cm³/mol. The summed E-state index contributed by atoms with van der Waals surface area (Å²) >= 11 is 0. The van der Waals surface area contributed by atoms with Crippen LogP contribution in [-0.4, -0.2) is 36.0 Å². The van der Waals surface area contributed by atoms with E-state index in [1.807, 2.05) is 25.1 Å². The first-order chi connectivity index (χ1) is 18.9. The monoisotopic (exact) mass is 528 g/mol. The summed E-state index contributed by atoms with van der Waals surface area (Å²) in [5.74, 6) is 1.05. The Morgan fingerprint density at radius 1 is 1.13 bits per heavy atom. The van der Waals surface area contributed by atoms with Crippen LogP contribution in [0.15, 0.2) is 71.1 Å². The van der Waals surface area contributed by atoms with Crippen molar-refractivity contribution in [1.29, 1.82) is 0 Å². The Bertz CT molecular complexity index is 1660. The van der Waals surface area contributed by atoms with Gasteiger partial charge in [0.15, 0.2) is 11.5 Å². The highest BCUT2D eigenvalue weighted by Crippen LogP contribution is 2.26. The number of hydrogen-bond acceptors (Lipinski definition) is 7. The third kappa shape index (κ3) is 6.19. The molecule has 0 spiro atoms. The van der Waals surface area contributed by atoms with E-state index in [1.54, 1.807) is 30.6 Å². The van der Waals surface area contributed by atoms with Gasteiger partial charge in [-0.15, -0.1) is 0 Å². The molecule has 11 nitrogen and oxygen atoms in total. The quantitative estimate of drug-likeness (QED) is 0.141. The second kappa shape index (κ2) is 12.6. The van der Waals surface area contributed by atoms with E-state index in [2.05, 4.69) is 49.1 Å². The molecule has 5 aromatic rings. The number of nitrogens with one attached hydrogen (secondary N) is 2. The van der Waals surface area contributed by atoms with Crippen molar-refractivity contribution >= 4 is 27.9 Å². The number of aromatic amines is 1. The standard InChI is InChI=1S/C22H18FN7O.C5H11N3/c1-2-15(28-20-18-19(25-11-24-18)26-12-27-20)21-29-16-10-6-9-14(23)17(16)22(31)30(21)13-7-4-3-5-8-13;1-5(2)3-4-7-8-6/h3-12,15H,2H2,1H3,(H2,24,25,26,27,28);5H,3-4H2,1-2H3/t15-;/m0./s1. The normalized spacial score (nSPS) is 11.6. The minimum Gasteiger partial charge on any atom is -0.358 e. The molecular formula is C27H29FN10O. The lowest BCUT2D eigenvalue weighted by Crippen LogP contribution is -2.28. The minimum absolute atomic E-state index is 0.0389. The Hall–Kier alpha value is -4.83. The molecule has 0 aliphatic rings. The van der Waals surface area contributed by atoms with Crippen molar-refractivity contribution in [1.82, 2.24) is 29.5 Å². The van der Waals surface area contributed by atoms with Crippen molar-refractivity contribution in [2.45, 2.75) is 39.7 Å². The molecule has 5 rings (SSSR count). The molecule has 0 fully saturated rings. The molecule has 2 N–H and O–H groups in total. The second-order valence-electron chi connectivity index (χ2n) is 9.15. The second-order valence-corrected chi connectivity index (χ2v) is 9.15. The molecule has 0 unspecified atom stereocenters. The van der Waals surface area contributed by atoms with E-state index in [9.17, 15) is 9.18 Å². The van der Waals surface area contributed by atoms with E-state index in [0.717, 1.165) is 6.42 Å². The molecule has 0 aliphatic heterocycles. The third-order valence-corrected chi connectivity index (χ3v) is 6.01. The molecule has 0 aliphatic carbocycles. The molecule has 3 heterocycles. The smallest absolute Gasteiger partial charge is 0.269 e. The molecule has 0 saturated heterocycles. The van der Waals surface area contributed by atoms with Crippen LogP contribution in [0.3, 0.4) is 0 Å². The molecule has 200 valence electrons. The zero-order valence-corrected chi connectivity index (χ0v) is 21.9. The summed E-state index contributed by atoms with van der Waals surface area (Å²) < 4.78 is 16.0. The number of anilines is 1. The number of aromatic nitrogens is 6. The van der Waals surface area contributed by atoms with Gasteiger partial charge in [0.25, 0.3) is 5.56 Å². The number of para-hydroxylation sites is 1. The Morgan fingerprint density at radius 3 is 2.64 bits per heavy atom. The first kappa shape index (κ1) is 27.2. The molecule has 1 atom stereocenters. The van der Waals surface area contributed by atoms with Crippen LogP contribution in [0.5, 0.6) is 0 Å². The van der Waals surface area contributed by atoms with Crippen LogP contribution in [0.4, 0.5) is 10.2 Å². The van der Waals surface area contributed by atoms with E-state index < -0.39 is 11.4 Å². The molecular weight excluding hydrogens is 499 g/mol. The Balaban J connectivity index is 0.000000386.